The Bertz CT molecular complexity index is 357. The molecular formula is C11H22N2OSSi. The molecule has 0 saturated carbocycles. The van der Waals surface area contributed by atoms with E-state index in [-0.39, 0.29) is 11.1 Å². The van der Waals surface area contributed by atoms with Crippen LogP contribution in [0.2, 0.25) is 18.1 Å². The summed E-state index contributed by atoms with van der Waals surface area (Å²) >= 11 is 1.47. The van der Waals surface area contributed by atoms with Crippen LogP contribution in [0, 0.1) is 0 Å². The molecule has 92 valence electrons. The van der Waals surface area contributed by atoms with E-state index in [1.165, 1.54) is 11.3 Å². The van der Waals surface area contributed by atoms with Crippen molar-refractivity contribution < 1.29 is 4.43 Å². The maximum atomic E-state index is 6.23. The molecule has 0 aliphatic heterocycles. The molecule has 1 heterocycles. The van der Waals surface area contributed by atoms with Crippen LogP contribution in [0.4, 0.5) is 5.13 Å². The highest BCUT2D eigenvalue weighted by atomic mass is 32.1. The topological polar surface area (TPSA) is 48.1 Å². The molecule has 2 N–H and O–H groups in total. The van der Waals surface area contributed by atoms with Crippen LogP contribution in [0.1, 0.15) is 39.5 Å². The van der Waals surface area contributed by atoms with Crippen LogP contribution in [-0.2, 0) is 4.43 Å². The molecule has 1 rings (SSSR count). The lowest BCUT2D eigenvalue weighted by atomic mass is 10.2. The van der Waals surface area contributed by atoms with Gasteiger partial charge in [-0.25, -0.2) is 4.98 Å². The fourth-order valence-corrected chi connectivity index (χ4v) is 3.17. The minimum Gasteiger partial charge on any atom is -0.409 e. The summed E-state index contributed by atoms with van der Waals surface area (Å²) in [6.45, 7) is 13.3. The Morgan fingerprint density at radius 3 is 2.38 bits per heavy atom. The van der Waals surface area contributed by atoms with Crippen molar-refractivity contribution in [3.8, 4) is 0 Å². The highest BCUT2D eigenvalue weighted by Crippen LogP contribution is 2.39. The quantitative estimate of drug-likeness (QED) is 0.839. The fraction of sp³-hybridized carbons (Fsp3) is 0.727. The Morgan fingerprint density at radius 2 is 2.00 bits per heavy atom. The predicted octanol–water partition coefficient (Wildman–Crippen LogP) is 3.81. The lowest BCUT2D eigenvalue weighted by molar-refractivity contribution is 0.199. The summed E-state index contributed by atoms with van der Waals surface area (Å²) in [7, 11) is -1.72. The normalized spacial score (nSPS) is 15.1. The predicted molar refractivity (Wildman–Crippen MR) is 73.2 cm³/mol. The van der Waals surface area contributed by atoms with Crippen molar-refractivity contribution in [2.45, 2.75) is 51.9 Å². The van der Waals surface area contributed by atoms with Gasteiger partial charge in [-0.15, -0.1) is 11.3 Å². The fourth-order valence-electron chi connectivity index (χ4n) is 1.17. The highest BCUT2D eigenvalue weighted by molar-refractivity contribution is 7.13. The molecule has 0 aromatic carbocycles. The second-order valence-corrected chi connectivity index (χ2v) is 11.3. The summed E-state index contributed by atoms with van der Waals surface area (Å²) in [5, 5.41) is 2.82. The zero-order valence-electron chi connectivity index (χ0n) is 11.0. The second-order valence-electron chi connectivity index (χ2n) is 5.63. The SMILES string of the molecule is CC(O[Si](C)(C)C(C)(C)C)c1csc(N)n1. The van der Waals surface area contributed by atoms with Crippen molar-refractivity contribution in [2.24, 2.45) is 0 Å². The number of nitrogen functional groups attached to an aromatic ring is 1. The minimum atomic E-state index is -1.72. The molecule has 0 aliphatic carbocycles. The molecule has 3 nitrogen and oxygen atoms in total. The molecule has 1 aromatic heterocycles. The van der Waals surface area contributed by atoms with Crippen LogP contribution < -0.4 is 5.73 Å². The van der Waals surface area contributed by atoms with Gasteiger partial charge in [0.15, 0.2) is 13.4 Å². The molecule has 0 radical (unpaired) electrons. The van der Waals surface area contributed by atoms with Crippen LogP contribution in [0.3, 0.4) is 0 Å². The molecule has 16 heavy (non-hydrogen) atoms. The van der Waals surface area contributed by atoms with Crippen molar-refractivity contribution in [3.05, 3.63) is 11.1 Å². The smallest absolute Gasteiger partial charge is 0.192 e. The zero-order valence-corrected chi connectivity index (χ0v) is 12.8. The number of thiazole rings is 1. The first kappa shape index (κ1) is 13.7. The van der Waals surface area contributed by atoms with E-state index in [1.54, 1.807) is 0 Å². The first-order chi connectivity index (χ1) is 7.13. The molecular weight excluding hydrogens is 236 g/mol. The molecule has 5 heteroatoms. The van der Waals surface area contributed by atoms with Crippen LogP contribution in [0.5, 0.6) is 0 Å². The third-order valence-electron chi connectivity index (χ3n) is 3.23. The van der Waals surface area contributed by atoms with E-state index in [0.717, 1.165) is 5.69 Å². The van der Waals surface area contributed by atoms with E-state index in [2.05, 4.69) is 45.8 Å². The summed E-state index contributed by atoms with van der Waals surface area (Å²) in [5.74, 6) is 0. The van der Waals surface area contributed by atoms with Gasteiger partial charge in [0.25, 0.3) is 0 Å². The average Bonchev–Trinajstić information content (AvgIpc) is 2.48. The molecule has 0 amide bonds. The molecule has 0 spiro atoms. The first-order valence-electron chi connectivity index (χ1n) is 5.52. The van der Waals surface area contributed by atoms with Crippen molar-refractivity contribution in [1.29, 1.82) is 0 Å². The largest absolute Gasteiger partial charge is 0.409 e. The molecule has 1 atom stereocenters. The Labute approximate surface area is 103 Å². The lowest BCUT2D eigenvalue weighted by Gasteiger charge is -2.38. The van der Waals surface area contributed by atoms with Crippen LogP contribution in [0.25, 0.3) is 0 Å². The Hall–Kier alpha value is -0.393. The summed E-state index contributed by atoms with van der Waals surface area (Å²) in [6, 6.07) is 0. The van der Waals surface area contributed by atoms with Crippen molar-refractivity contribution in [2.75, 3.05) is 5.73 Å². The lowest BCUT2D eigenvalue weighted by Crippen LogP contribution is -2.41. The van der Waals surface area contributed by atoms with Crippen LogP contribution in [-0.4, -0.2) is 13.3 Å². The van der Waals surface area contributed by atoms with Gasteiger partial charge in [-0.05, 0) is 25.1 Å². The highest BCUT2D eigenvalue weighted by Gasteiger charge is 2.38. The summed E-state index contributed by atoms with van der Waals surface area (Å²) in [6.07, 6.45) is 0.0365. The average molecular weight is 258 g/mol. The number of hydrogen-bond acceptors (Lipinski definition) is 4. The Morgan fingerprint density at radius 1 is 1.44 bits per heavy atom. The molecule has 0 saturated heterocycles. The third kappa shape index (κ3) is 3.05. The van der Waals surface area contributed by atoms with E-state index >= 15 is 0 Å². The number of rotatable bonds is 3. The molecule has 0 aliphatic rings. The van der Waals surface area contributed by atoms with E-state index in [9.17, 15) is 0 Å². The van der Waals surface area contributed by atoms with Gasteiger partial charge in [-0.3, -0.25) is 0 Å². The maximum Gasteiger partial charge on any atom is 0.192 e. The Balaban J connectivity index is 2.75. The molecule has 0 fully saturated rings. The zero-order chi connectivity index (χ0) is 12.6. The van der Waals surface area contributed by atoms with Gasteiger partial charge in [0.2, 0.25) is 0 Å². The maximum absolute atomic E-state index is 6.23. The monoisotopic (exact) mass is 258 g/mol. The van der Waals surface area contributed by atoms with Crippen LogP contribution >= 0.6 is 11.3 Å². The molecule has 0 bridgehead atoms. The van der Waals surface area contributed by atoms with Crippen molar-refractivity contribution in [3.63, 3.8) is 0 Å². The second kappa shape index (κ2) is 4.47. The molecule has 1 unspecified atom stereocenters. The summed E-state index contributed by atoms with van der Waals surface area (Å²) in [5.41, 5.74) is 6.58. The van der Waals surface area contributed by atoms with Gasteiger partial charge in [0, 0.05) is 5.38 Å². The summed E-state index contributed by atoms with van der Waals surface area (Å²) < 4.78 is 6.23. The van der Waals surface area contributed by atoms with Crippen molar-refractivity contribution >= 4 is 24.8 Å². The van der Waals surface area contributed by atoms with Crippen molar-refractivity contribution in [1.82, 2.24) is 4.98 Å². The van der Waals surface area contributed by atoms with Gasteiger partial charge in [-0.1, -0.05) is 20.8 Å². The Kier molecular flexibility index (Phi) is 3.82. The summed E-state index contributed by atoms with van der Waals surface area (Å²) in [4.78, 5) is 4.27. The number of nitrogens with zero attached hydrogens (tertiary/aromatic N) is 1. The van der Waals surface area contributed by atoms with Gasteiger partial charge in [0.1, 0.15) is 0 Å². The number of nitrogens with two attached hydrogens (primary N) is 1. The standard InChI is InChI=1S/C11H22N2OSSi/c1-8(9-7-15-10(12)13-9)14-16(5,6)11(2,3)4/h7-8H,1-6H3,(H2,12,13). The van der Waals surface area contributed by atoms with E-state index in [0.29, 0.717) is 5.13 Å². The third-order valence-corrected chi connectivity index (χ3v) is 8.48. The van der Waals surface area contributed by atoms with E-state index in [1.807, 2.05) is 5.38 Å². The first-order valence-corrected chi connectivity index (χ1v) is 9.31. The van der Waals surface area contributed by atoms with Gasteiger partial charge < -0.3 is 10.2 Å². The number of anilines is 1. The number of hydrogen-bond donors (Lipinski definition) is 1. The van der Waals surface area contributed by atoms with Gasteiger partial charge in [0.05, 0.1) is 11.8 Å². The molecule has 1 aromatic rings. The van der Waals surface area contributed by atoms with Crippen LogP contribution in [0.15, 0.2) is 5.38 Å². The minimum absolute atomic E-state index is 0.0365. The van der Waals surface area contributed by atoms with E-state index in [4.69, 9.17) is 10.2 Å². The van der Waals surface area contributed by atoms with Gasteiger partial charge in [-0.2, -0.15) is 0 Å². The van der Waals surface area contributed by atoms with E-state index < -0.39 is 8.32 Å². The van der Waals surface area contributed by atoms with Gasteiger partial charge >= 0.3 is 0 Å². The number of aromatic nitrogens is 1.